The molecule has 4 aromatic rings. The van der Waals surface area contributed by atoms with E-state index in [0.29, 0.717) is 23.4 Å². The van der Waals surface area contributed by atoms with E-state index in [1.54, 1.807) is 18.2 Å². The first kappa shape index (κ1) is 19.4. The largest absolute Gasteiger partial charge is 0.363 e. The third-order valence-electron chi connectivity index (χ3n) is 4.23. The molecule has 0 bridgehead atoms. The summed E-state index contributed by atoms with van der Waals surface area (Å²) in [4.78, 5) is 9.21. The summed E-state index contributed by atoms with van der Waals surface area (Å²) in [5.74, 6) is 0.524. The van der Waals surface area contributed by atoms with Crippen LogP contribution in [0.3, 0.4) is 0 Å². The van der Waals surface area contributed by atoms with Gasteiger partial charge in [0.25, 0.3) is 10.0 Å². The maximum Gasteiger partial charge on any atom is 0.263 e. The Morgan fingerprint density at radius 3 is 2.00 bits per heavy atom. The summed E-state index contributed by atoms with van der Waals surface area (Å²) >= 11 is 3.31. The summed E-state index contributed by atoms with van der Waals surface area (Å²) in [6.07, 6.45) is 0. The summed E-state index contributed by atoms with van der Waals surface area (Å²) in [5, 5.41) is 3.20. The van der Waals surface area contributed by atoms with Crippen molar-refractivity contribution < 1.29 is 8.42 Å². The molecule has 0 unspecified atom stereocenters. The predicted octanol–water partition coefficient (Wildman–Crippen LogP) is 4.81. The smallest absolute Gasteiger partial charge is 0.263 e. The molecule has 29 heavy (non-hydrogen) atoms. The van der Waals surface area contributed by atoms with Crippen molar-refractivity contribution in [1.29, 1.82) is 0 Å². The number of para-hydroxylation sites is 2. The minimum atomic E-state index is -3.82. The van der Waals surface area contributed by atoms with Crippen LogP contribution >= 0.6 is 15.9 Å². The summed E-state index contributed by atoms with van der Waals surface area (Å²) in [7, 11) is -3.82. The molecular weight excluding hydrogens is 452 g/mol. The third kappa shape index (κ3) is 4.55. The second kappa shape index (κ2) is 8.18. The highest BCUT2D eigenvalue weighted by Crippen LogP contribution is 2.25. The molecule has 4 rings (SSSR count). The Hall–Kier alpha value is -2.97. The van der Waals surface area contributed by atoms with E-state index in [1.807, 2.05) is 48.5 Å². The quantitative estimate of drug-likeness (QED) is 0.424. The third-order valence-corrected chi connectivity index (χ3v) is 6.11. The Morgan fingerprint density at radius 2 is 1.34 bits per heavy atom. The van der Waals surface area contributed by atoms with E-state index in [2.05, 4.69) is 35.9 Å². The van der Waals surface area contributed by atoms with Gasteiger partial charge in [-0.25, -0.2) is 18.4 Å². The Kier molecular flexibility index (Phi) is 5.46. The highest BCUT2D eigenvalue weighted by atomic mass is 79.9. The molecule has 1 aromatic heterocycles. The number of nitrogens with zero attached hydrogens (tertiary/aromatic N) is 2. The fraction of sp³-hybridized carbons (Fsp3) is 0.0476. The molecule has 8 heteroatoms. The molecule has 0 radical (unpaired) electrons. The lowest BCUT2D eigenvalue weighted by atomic mass is 10.2. The van der Waals surface area contributed by atoms with Gasteiger partial charge in [0.15, 0.2) is 11.6 Å². The average Bonchev–Trinajstić information content (AvgIpc) is 2.73. The van der Waals surface area contributed by atoms with Gasteiger partial charge in [0.2, 0.25) is 0 Å². The van der Waals surface area contributed by atoms with Crippen molar-refractivity contribution in [2.75, 3.05) is 10.0 Å². The fourth-order valence-corrected chi connectivity index (χ4v) is 4.05. The predicted molar refractivity (Wildman–Crippen MR) is 118 cm³/mol. The van der Waals surface area contributed by atoms with E-state index in [1.165, 1.54) is 12.1 Å². The van der Waals surface area contributed by atoms with E-state index in [-0.39, 0.29) is 10.7 Å². The molecule has 0 atom stereocenters. The van der Waals surface area contributed by atoms with Gasteiger partial charge in [-0.2, -0.15) is 0 Å². The minimum absolute atomic E-state index is 0.143. The molecule has 2 N–H and O–H groups in total. The van der Waals surface area contributed by atoms with Crippen LogP contribution in [-0.4, -0.2) is 18.4 Å². The average molecular weight is 469 g/mol. The standard InChI is InChI=1S/C21H17BrN4O2S/c22-16-10-12-17(13-11-16)29(27,28)26-21-20(23-14-15-6-2-1-3-7-15)24-18-8-4-5-9-19(18)25-21/h1-13H,14H2,(H,23,24)(H,25,26). The van der Waals surface area contributed by atoms with Gasteiger partial charge in [-0.3, -0.25) is 4.72 Å². The summed E-state index contributed by atoms with van der Waals surface area (Å²) < 4.78 is 29.1. The Bertz CT molecular complexity index is 1250. The number of fused-ring (bicyclic) bond motifs is 1. The van der Waals surface area contributed by atoms with E-state index >= 15 is 0 Å². The number of sulfonamides is 1. The first-order valence-corrected chi connectivity index (χ1v) is 11.1. The SMILES string of the molecule is O=S(=O)(Nc1nc2ccccc2nc1NCc1ccccc1)c1ccc(Br)cc1. The van der Waals surface area contributed by atoms with Gasteiger partial charge in [-0.05, 0) is 42.0 Å². The number of halogens is 1. The molecule has 0 aliphatic heterocycles. The van der Waals surface area contributed by atoms with Gasteiger partial charge in [0.05, 0.1) is 15.9 Å². The van der Waals surface area contributed by atoms with E-state index in [9.17, 15) is 8.42 Å². The number of benzene rings is 3. The number of nitrogens with one attached hydrogen (secondary N) is 2. The van der Waals surface area contributed by atoms with Crippen LogP contribution in [-0.2, 0) is 16.6 Å². The normalized spacial score (nSPS) is 11.3. The number of rotatable bonds is 6. The Morgan fingerprint density at radius 1 is 0.759 bits per heavy atom. The number of anilines is 2. The molecule has 146 valence electrons. The summed E-state index contributed by atoms with van der Waals surface area (Å²) in [5.41, 5.74) is 2.32. The zero-order chi connectivity index (χ0) is 20.3. The van der Waals surface area contributed by atoms with Crippen LogP contribution in [0.25, 0.3) is 11.0 Å². The minimum Gasteiger partial charge on any atom is -0.363 e. The van der Waals surface area contributed by atoms with Crippen LogP contribution in [0.4, 0.5) is 11.6 Å². The van der Waals surface area contributed by atoms with Crippen molar-refractivity contribution in [2.24, 2.45) is 0 Å². The van der Waals surface area contributed by atoms with Gasteiger partial charge in [0.1, 0.15) is 0 Å². The van der Waals surface area contributed by atoms with Gasteiger partial charge < -0.3 is 5.32 Å². The second-order valence-electron chi connectivity index (χ2n) is 6.31. The number of aromatic nitrogens is 2. The fourth-order valence-electron chi connectivity index (χ4n) is 2.78. The van der Waals surface area contributed by atoms with Crippen molar-refractivity contribution in [3.63, 3.8) is 0 Å². The van der Waals surface area contributed by atoms with Crippen LogP contribution in [0.5, 0.6) is 0 Å². The van der Waals surface area contributed by atoms with Crippen LogP contribution in [0.1, 0.15) is 5.56 Å². The molecule has 6 nitrogen and oxygen atoms in total. The maximum absolute atomic E-state index is 12.9. The number of hydrogen-bond donors (Lipinski definition) is 2. The zero-order valence-corrected chi connectivity index (χ0v) is 17.6. The van der Waals surface area contributed by atoms with E-state index < -0.39 is 10.0 Å². The molecule has 1 heterocycles. The first-order chi connectivity index (χ1) is 14.0. The molecule has 0 aliphatic carbocycles. The first-order valence-electron chi connectivity index (χ1n) is 8.84. The molecule has 0 saturated carbocycles. The lowest BCUT2D eigenvalue weighted by Gasteiger charge is -2.14. The zero-order valence-electron chi connectivity index (χ0n) is 15.2. The van der Waals surface area contributed by atoms with E-state index in [4.69, 9.17) is 0 Å². The Labute approximate surface area is 177 Å². The molecule has 0 saturated heterocycles. The molecular formula is C21H17BrN4O2S. The van der Waals surface area contributed by atoms with Crippen LogP contribution in [0.15, 0.2) is 88.2 Å². The topological polar surface area (TPSA) is 84.0 Å². The van der Waals surface area contributed by atoms with Crippen LogP contribution < -0.4 is 10.0 Å². The summed E-state index contributed by atoms with van der Waals surface area (Å²) in [6.45, 7) is 0.487. The monoisotopic (exact) mass is 468 g/mol. The van der Waals surface area contributed by atoms with Gasteiger partial charge in [0, 0.05) is 11.0 Å². The molecule has 3 aromatic carbocycles. The van der Waals surface area contributed by atoms with Crippen molar-refractivity contribution >= 4 is 48.6 Å². The van der Waals surface area contributed by atoms with Gasteiger partial charge in [-0.1, -0.05) is 58.4 Å². The Balaban J connectivity index is 1.70. The highest BCUT2D eigenvalue weighted by Gasteiger charge is 2.18. The van der Waals surface area contributed by atoms with Gasteiger partial charge in [-0.15, -0.1) is 0 Å². The van der Waals surface area contributed by atoms with Crippen molar-refractivity contribution in [3.05, 3.63) is 88.9 Å². The maximum atomic E-state index is 12.9. The van der Waals surface area contributed by atoms with Crippen LogP contribution in [0, 0.1) is 0 Å². The number of hydrogen-bond acceptors (Lipinski definition) is 5. The van der Waals surface area contributed by atoms with E-state index in [0.717, 1.165) is 10.0 Å². The molecule has 0 amide bonds. The van der Waals surface area contributed by atoms with Crippen LogP contribution in [0.2, 0.25) is 0 Å². The molecule has 0 fully saturated rings. The van der Waals surface area contributed by atoms with Gasteiger partial charge >= 0.3 is 0 Å². The highest BCUT2D eigenvalue weighted by molar-refractivity contribution is 9.10. The molecule has 0 spiro atoms. The van der Waals surface area contributed by atoms with Crippen molar-refractivity contribution in [2.45, 2.75) is 11.4 Å². The second-order valence-corrected chi connectivity index (χ2v) is 8.91. The lowest BCUT2D eigenvalue weighted by Crippen LogP contribution is -2.16. The van der Waals surface area contributed by atoms with Crippen molar-refractivity contribution in [3.8, 4) is 0 Å². The van der Waals surface area contributed by atoms with Crippen molar-refractivity contribution in [1.82, 2.24) is 9.97 Å². The molecule has 0 aliphatic rings. The lowest BCUT2D eigenvalue weighted by molar-refractivity contribution is 0.601. The summed E-state index contributed by atoms with van der Waals surface area (Å²) in [6, 6.07) is 23.5.